The molecule has 1 fully saturated rings. The molecule has 1 unspecified atom stereocenters. The van der Waals surface area contributed by atoms with Gasteiger partial charge in [0.2, 0.25) is 0 Å². The van der Waals surface area contributed by atoms with Gasteiger partial charge < -0.3 is 5.11 Å². The molecule has 1 aliphatic carbocycles. The van der Waals surface area contributed by atoms with Gasteiger partial charge in [0.05, 0.1) is 6.10 Å². The lowest BCUT2D eigenvalue weighted by Crippen LogP contribution is -2.22. The molecule has 16 heavy (non-hydrogen) atoms. The minimum atomic E-state index is -4.26. The molecule has 0 aliphatic heterocycles. The lowest BCUT2D eigenvalue weighted by Gasteiger charge is -2.26. The maximum Gasteiger partial charge on any atom is 0.412 e. The van der Waals surface area contributed by atoms with Crippen molar-refractivity contribution in [2.24, 2.45) is 5.92 Å². The predicted octanol–water partition coefficient (Wildman–Crippen LogP) is 3.83. The third-order valence-electron chi connectivity index (χ3n) is 3.31. The molecule has 94 valence electrons. The Morgan fingerprint density at radius 3 is 2.38 bits per heavy atom. The Hall–Kier alpha value is -0.510. The average Bonchev–Trinajstić information content (AvgIpc) is 2.25. The summed E-state index contributed by atoms with van der Waals surface area (Å²) in [5, 5.41) is 9.78. The van der Waals surface area contributed by atoms with Crippen molar-refractivity contribution < 1.29 is 18.3 Å². The highest BCUT2D eigenvalue weighted by Gasteiger charge is 2.30. The van der Waals surface area contributed by atoms with Gasteiger partial charge in [-0.1, -0.05) is 25.3 Å². The predicted molar refractivity (Wildman–Crippen MR) is 57.0 cm³/mol. The molecule has 1 nitrogen and oxygen atoms in total. The van der Waals surface area contributed by atoms with Gasteiger partial charge in [-0.3, -0.25) is 0 Å². The van der Waals surface area contributed by atoms with Crippen molar-refractivity contribution in [3.05, 3.63) is 11.6 Å². The molecule has 1 aliphatic rings. The van der Waals surface area contributed by atoms with Crippen molar-refractivity contribution in [1.82, 2.24) is 0 Å². The van der Waals surface area contributed by atoms with Crippen LogP contribution in [0.1, 0.15) is 45.4 Å². The van der Waals surface area contributed by atoms with Crippen molar-refractivity contribution in [1.29, 1.82) is 0 Å². The quantitative estimate of drug-likeness (QED) is 0.738. The minimum absolute atomic E-state index is 0.121. The molecule has 0 aromatic rings. The van der Waals surface area contributed by atoms with Crippen molar-refractivity contribution in [2.45, 2.75) is 57.7 Å². The van der Waals surface area contributed by atoms with Gasteiger partial charge in [0.1, 0.15) is 0 Å². The minimum Gasteiger partial charge on any atom is -0.393 e. The number of halogens is 3. The van der Waals surface area contributed by atoms with Gasteiger partial charge >= 0.3 is 6.18 Å². The number of aliphatic hydroxyl groups is 1. The van der Waals surface area contributed by atoms with E-state index in [1.807, 2.05) is 0 Å². The molecule has 0 radical (unpaired) electrons. The molecular formula is C12H19F3O. The topological polar surface area (TPSA) is 20.2 Å². The maximum atomic E-state index is 12.2. The molecule has 0 bridgehead atoms. The van der Waals surface area contributed by atoms with E-state index in [1.165, 1.54) is 6.42 Å². The van der Waals surface area contributed by atoms with Crippen LogP contribution in [0.5, 0.6) is 0 Å². The van der Waals surface area contributed by atoms with Crippen LogP contribution < -0.4 is 0 Å². The molecule has 1 saturated carbocycles. The molecule has 1 rings (SSSR count). The summed E-state index contributed by atoms with van der Waals surface area (Å²) in [7, 11) is 0. The lowest BCUT2D eigenvalue weighted by atomic mass is 9.84. The van der Waals surface area contributed by atoms with Gasteiger partial charge in [-0.05, 0) is 32.1 Å². The summed E-state index contributed by atoms with van der Waals surface area (Å²) in [6.45, 7) is 1.05. The van der Waals surface area contributed by atoms with E-state index in [4.69, 9.17) is 0 Å². The first kappa shape index (κ1) is 13.6. The van der Waals surface area contributed by atoms with Gasteiger partial charge in [-0.15, -0.1) is 0 Å². The van der Waals surface area contributed by atoms with Crippen LogP contribution in [-0.2, 0) is 0 Å². The normalized spacial score (nSPS) is 22.2. The number of hydrogen-bond donors (Lipinski definition) is 1. The molecule has 1 N–H and O–H groups in total. The van der Waals surface area contributed by atoms with Crippen molar-refractivity contribution >= 4 is 0 Å². The van der Waals surface area contributed by atoms with E-state index in [1.54, 1.807) is 0 Å². The summed E-state index contributed by atoms with van der Waals surface area (Å²) >= 11 is 0. The largest absolute Gasteiger partial charge is 0.412 e. The molecule has 0 aromatic carbocycles. The Labute approximate surface area is 94.3 Å². The first-order chi connectivity index (χ1) is 7.41. The first-order valence-corrected chi connectivity index (χ1v) is 5.83. The SMILES string of the molecule is C/C(=C\CC(O)C1CCCCC1)C(F)(F)F. The van der Waals surface area contributed by atoms with E-state index in [9.17, 15) is 18.3 Å². The van der Waals surface area contributed by atoms with Crippen LogP contribution in [0.3, 0.4) is 0 Å². The van der Waals surface area contributed by atoms with Crippen molar-refractivity contribution in [2.75, 3.05) is 0 Å². The Morgan fingerprint density at radius 1 is 1.31 bits per heavy atom. The van der Waals surface area contributed by atoms with E-state index in [0.717, 1.165) is 38.7 Å². The zero-order valence-electron chi connectivity index (χ0n) is 9.56. The van der Waals surface area contributed by atoms with Crippen molar-refractivity contribution in [3.8, 4) is 0 Å². The summed E-state index contributed by atoms with van der Waals surface area (Å²) in [6, 6.07) is 0. The van der Waals surface area contributed by atoms with E-state index < -0.39 is 17.9 Å². The second kappa shape index (κ2) is 5.71. The summed E-state index contributed by atoms with van der Waals surface area (Å²) in [5.41, 5.74) is -0.609. The number of alkyl halides is 3. The second-order valence-corrected chi connectivity index (χ2v) is 4.59. The average molecular weight is 236 g/mol. The summed E-state index contributed by atoms with van der Waals surface area (Å²) in [5.74, 6) is 0.186. The third kappa shape index (κ3) is 4.16. The van der Waals surface area contributed by atoms with Gasteiger partial charge in [-0.25, -0.2) is 0 Å². The monoisotopic (exact) mass is 236 g/mol. The number of hydrogen-bond acceptors (Lipinski definition) is 1. The Morgan fingerprint density at radius 2 is 1.88 bits per heavy atom. The molecule has 1 atom stereocenters. The standard InChI is InChI=1S/C12H19F3O/c1-9(12(13,14)15)7-8-11(16)10-5-3-2-4-6-10/h7,10-11,16H,2-6,8H2,1H3/b9-7+. The Balaban J connectivity index is 2.41. The first-order valence-electron chi connectivity index (χ1n) is 5.83. The molecule has 0 spiro atoms. The fraction of sp³-hybridized carbons (Fsp3) is 0.833. The maximum absolute atomic E-state index is 12.2. The van der Waals surface area contributed by atoms with Gasteiger partial charge in [-0.2, -0.15) is 13.2 Å². The fourth-order valence-electron chi connectivity index (χ4n) is 2.12. The molecular weight excluding hydrogens is 217 g/mol. The van der Waals surface area contributed by atoms with Crippen LogP contribution in [0.2, 0.25) is 0 Å². The van der Waals surface area contributed by atoms with Crippen LogP contribution in [-0.4, -0.2) is 17.4 Å². The molecule has 0 aromatic heterocycles. The smallest absolute Gasteiger partial charge is 0.393 e. The Kier molecular flexibility index (Phi) is 4.84. The van der Waals surface area contributed by atoms with E-state index in [0.29, 0.717) is 0 Å². The molecule has 0 amide bonds. The van der Waals surface area contributed by atoms with Crippen LogP contribution in [0.15, 0.2) is 11.6 Å². The Bertz CT molecular complexity index is 239. The molecule has 4 heteroatoms. The zero-order valence-corrected chi connectivity index (χ0v) is 9.56. The van der Waals surface area contributed by atoms with Gasteiger partial charge in [0.25, 0.3) is 0 Å². The summed E-state index contributed by atoms with van der Waals surface area (Å²) in [6.07, 6.45) is 1.60. The number of aliphatic hydroxyl groups excluding tert-OH is 1. The highest BCUT2D eigenvalue weighted by Crippen LogP contribution is 2.29. The molecule has 0 heterocycles. The number of rotatable bonds is 3. The zero-order chi connectivity index (χ0) is 12.2. The van der Waals surface area contributed by atoms with Crippen LogP contribution in [0.4, 0.5) is 13.2 Å². The highest BCUT2D eigenvalue weighted by atomic mass is 19.4. The third-order valence-corrected chi connectivity index (χ3v) is 3.31. The van der Waals surface area contributed by atoms with Crippen LogP contribution in [0, 0.1) is 5.92 Å². The summed E-state index contributed by atoms with van der Waals surface area (Å²) < 4.78 is 36.6. The van der Waals surface area contributed by atoms with Crippen LogP contribution >= 0.6 is 0 Å². The van der Waals surface area contributed by atoms with Crippen molar-refractivity contribution in [3.63, 3.8) is 0 Å². The fourth-order valence-corrected chi connectivity index (χ4v) is 2.12. The van der Waals surface area contributed by atoms with Gasteiger partial charge in [0, 0.05) is 5.57 Å². The van der Waals surface area contributed by atoms with E-state index >= 15 is 0 Å². The lowest BCUT2D eigenvalue weighted by molar-refractivity contribution is -0.0917. The second-order valence-electron chi connectivity index (χ2n) is 4.59. The van der Waals surface area contributed by atoms with E-state index in [2.05, 4.69) is 0 Å². The van der Waals surface area contributed by atoms with E-state index in [-0.39, 0.29) is 12.3 Å². The highest BCUT2D eigenvalue weighted by molar-refractivity contribution is 5.05. The number of allylic oxidation sites excluding steroid dienone is 1. The summed E-state index contributed by atoms with van der Waals surface area (Å²) in [4.78, 5) is 0. The van der Waals surface area contributed by atoms with Gasteiger partial charge in [0.15, 0.2) is 0 Å². The van der Waals surface area contributed by atoms with Crippen LogP contribution in [0.25, 0.3) is 0 Å². The molecule has 0 saturated heterocycles.